The van der Waals surface area contributed by atoms with E-state index in [2.05, 4.69) is 30.4 Å². The highest BCUT2D eigenvalue weighted by Gasteiger charge is 2.23. The molecule has 0 fully saturated rings. The van der Waals surface area contributed by atoms with Gasteiger partial charge in [0.05, 0.1) is 36.4 Å². The minimum Gasteiger partial charge on any atom is -0.580 e. The van der Waals surface area contributed by atoms with Gasteiger partial charge in [0.25, 0.3) is 6.01 Å². The summed E-state index contributed by atoms with van der Waals surface area (Å²) >= 11 is 0. The Labute approximate surface area is 268 Å². The minimum atomic E-state index is -1.27. The van der Waals surface area contributed by atoms with E-state index in [0.717, 1.165) is 22.3 Å². The second-order valence-electron chi connectivity index (χ2n) is 10.5. The normalized spacial score (nSPS) is 13.1. The van der Waals surface area contributed by atoms with Crippen molar-refractivity contribution in [3.63, 3.8) is 0 Å². The summed E-state index contributed by atoms with van der Waals surface area (Å²) in [5.41, 5.74) is 4.88. The van der Waals surface area contributed by atoms with Gasteiger partial charge in [-0.2, -0.15) is 15.0 Å². The number of tetrazole rings is 1. The number of quaternary nitrogens is 1. The number of carbonyl (C=O) groups excluding carboxylic acids is 2. The Hall–Kier alpha value is -5.42. The van der Waals surface area contributed by atoms with E-state index in [1.165, 1.54) is 6.92 Å². The lowest BCUT2D eigenvalue weighted by Gasteiger charge is -2.17. The largest absolute Gasteiger partial charge is 0.580 e. The van der Waals surface area contributed by atoms with Gasteiger partial charge in [0.15, 0.2) is 0 Å². The molecule has 16 heteroatoms. The predicted molar refractivity (Wildman–Crippen MR) is 166 cm³/mol. The fourth-order valence-corrected chi connectivity index (χ4v) is 4.78. The fraction of sp³-hybridized carbons (Fsp3) is 0.290. The molecule has 47 heavy (non-hydrogen) atoms. The number of benzene rings is 3. The molecule has 2 heterocycles. The molecule has 0 aliphatic carbocycles. The van der Waals surface area contributed by atoms with Crippen LogP contribution in [-0.4, -0.2) is 68.4 Å². The molecule has 0 aliphatic heterocycles. The number of nitrogens with two attached hydrogens (primary N) is 1. The molecule has 3 aromatic carbocycles. The monoisotopic (exact) mass is 646 g/mol. The van der Waals surface area contributed by atoms with Gasteiger partial charge in [-0.15, -0.1) is 21.4 Å². The fourth-order valence-electron chi connectivity index (χ4n) is 4.78. The average molecular weight is 647 g/mol. The summed E-state index contributed by atoms with van der Waals surface area (Å²) in [5.74, 6) is 4.37. The van der Waals surface area contributed by atoms with E-state index in [0.29, 0.717) is 36.0 Å². The number of fused-ring (bicyclic) bond motifs is 1. The highest BCUT2D eigenvalue weighted by atomic mass is 16.9. The Morgan fingerprint density at radius 3 is 2.47 bits per heavy atom. The summed E-state index contributed by atoms with van der Waals surface area (Å²) in [6, 6.07) is 21.1. The van der Waals surface area contributed by atoms with Gasteiger partial charge in [-0.05, 0) is 41.0 Å². The zero-order valence-corrected chi connectivity index (χ0v) is 25.9. The molecular weight excluding hydrogens is 612 g/mol. The minimum absolute atomic E-state index is 0.0335. The van der Waals surface area contributed by atoms with Crippen molar-refractivity contribution >= 4 is 23.2 Å². The zero-order valence-electron chi connectivity index (χ0n) is 25.9. The van der Waals surface area contributed by atoms with E-state index in [9.17, 15) is 14.8 Å². The van der Waals surface area contributed by atoms with Gasteiger partial charge < -0.3 is 24.2 Å². The molecule has 0 aliphatic rings. The number of aromatic nitrogens is 6. The Morgan fingerprint density at radius 2 is 1.77 bits per heavy atom. The van der Waals surface area contributed by atoms with Gasteiger partial charge in [0.1, 0.15) is 6.61 Å². The Bertz CT molecular complexity index is 1790. The lowest BCUT2D eigenvalue weighted by molar-refractivity contribution is -1.06. The topological polar surface area (TPSA) is 206 Å². The highest BCUT2D eigenvalue weighted by molar-refractivity contribution is 6.02. The van der Waals surface area contributed by atoms with Crippen LogP contribution in [0.15, 0.2) is 66.7 Å². The zero-order chi connectivity index (χ0) is 33.3. The first-order valence-corrected chi connectivity index (χ1v) is 14.7. The molecule has 16 nitrogen and oxygen atoms in total. The molecule has 246 valence electrons. The SMILES string of the molecule is CCOc1nc2cccc(C(=O)OC(C)OC(=O)OC[C@@H](C)CO[NH+](N)[O-])c2n1Cc1ccc(-c2ccccc2-c2nn[nH]n2)cc1. The number of esters is 1. The number of hydrogen-bond acceptors (Lipinski definition) is 13. The molecular formula is C31H34N8O8. The van der Waals surface area contributed by atoms with Crippen molar-refractivity contribution in [2.24, 2.45) is 11.8 Å². The number of carbonyl (C=O) groups is 2. The lowest BCUT2D eigenvalue weighted by Crippen LogP contribution is -3.12. The molecule has 2 unspecified atom stereocenters. The second-order valence-corrected chi connectivity index (χ2v) is 10.5. The van der Waals surface area contributed by atoms with Crippen LogP contribution in [0.3, 0.4) is 0 Å². The quantitative estimate of drug-likeness (QED) is 0.0688. The summed E-state index contributed by atoms with van der Waals surface area (Å²) in [5, 5.41) is 24.2. The van der Waals surface area contributed by atoms with Crippen LogP contribution in [0, 0.1) is 11.1 Å². The number of para-hydroxylation sites is 1. The van der Waals surface area contributed by atoms with E-state index < -0.39 is 23.8 Å². The third-order valence-electron chi connectivity index (χ3n) is 6.87. The molecule has 5 aromatic rings. The van der Waals surface area contributed by atoms with E-state index in [1.54, 1.807) is 29.7 Å². The number of ether oxygens (including phenoxy) is 4. The molecule has 5 rings (SSSR count). The van der Waals surface area contributed by atoms with E-state index in [4.69, 9.17) is 24.8 Å². The first-order valence-electron chi connectivity index (χ1n) is 14.7. The van der Waals surface area contributed by atoms with Crippen molar-refractivity contribution in [2.75, 3.05) is 19.8 Å². The van der Waals surface area contributed by atoms with Crippen molar-refractivity contribution in [2.45, 2.75) is 33.6 Å². The highest BCUT2D eigenvalue weighted by Crippen LogP contribution is 2.31. The second kappa shape index (κ2) is 15.2. The molecule has 0 bridgehead atoms. The van der Waals surface area contributed by atoms with Crippen molar-refractivity contribution in [3.05, 3.63) is 83.1 Å². The van der Waals surface area contributed by atoms with Crippen LogP contribution in [0.5, 0.6) is 6.01 Å². The van der Waals surface area contributed by atoms with Crippen LogP contribution in [0.1, 0.15) is 36.7 Å². The number of H-pyrrole nitrogens is 1. The first-order chi connectivity index (χ1) is 22.7. The van der Waals surface area contributed by atoms with Gasteiger partial charge >= 0.3 is 12.1 Å². The molecule has 0 radical (unpaired) electrons. The standard InChI is InChI=1S/C31H34N8O8/c1-4-43-30-33-26-11-7-10-25(29(40)46-20(3)47-31(41)44-17-19(2)18-45-39(32)42)27(26)38(30)16-21-12-14-22(15-13-21)23-8-5-6-9-24(23)28-34-36-37-35-28/h5-15,19-20,39H,4,16-18,32H2,1-3H3,(H,34,35,36,37)/t19-,20?/m1/s1. The van der Waals surface area contributed by atoms with Crippen LogP contribution in [0.4, 0.5) is 4.79 Å². The van der Waals surface area contributed by atoms with Crippen molar-refractivity contribution in [1.82, 2.24) is 30.2 Å². The number of nitrogens with one attached hydrogen (secondary N) is 2. The van der Waals surface area contributed by atoms with Crippen LogP contribution in [0.25, 0.3) is 33.5 Å². The maximum Gasteiger partial charge on any atom is 0.511 e. The van der Waals surface area contributed by atoms with Gasteiger partial charge in [0, 0.05) is 18.4 Å². The van der Waals surface area contributed by atoms with Gasteiger partial charge in [0.2, 0.25) is 12.1 Å². The number of rotatable bonds is 14. The summed E-state index contributed by atoms with van der Waals surface area (Å²) in [6.45, 7) is 5.48. The van der Waals surface area contributed by atoms with Crippen molar-refractivity contribution in [3.8, 4) is 28.5 Å². The van der Waals surface area contributed by atoms with E-state index >= 15 is 0 Å². The molecule has 0 amide bonds. The lowest BCUT2D eigenvalue weighted by atomic mass is 9.98. The van der Waals surface area contributed by atoms with Crippen LogP contribution >= 0.6 is 0 Å². The van der Waals surface area contributed by atoms with Gasteiger partial charge in [-0.1, -0.05) is 61.5 Å². The average Bonchev–Trinajstić information content (AvgIpc) is 3.72. The Kier molecular flexibility index (Phi) is 10.7. The number of hydrogen-bond donors (Lipinski definition) is 3. The molecule has 0 saturated carbocycles. The number of nitrogens with zero attached hydrogens (tertiary/aromatic N) is 5. The summed E-state index contributed by atoms with van der Waals surface area (Å²) in [6.07, 6.45) is -2.32. The molecule has 0 spiro atoms. The van der Waals surface area contributed by atoms with E-state index in [-0.39, 0.29) is 24.7 Å². The summed E-state index contributed by atoms with van der Waals surface area (Å²) in [7, 11) is 0. The van der Waals surface area contributed by atoms with Gasteiger partial charge in [-0.3, -0.25) is 4.57 Å². The Balaban J connectivity index is 1.32. The first kappa shape index (κ1) is 33.0. The van der Waals surface area contributed by atoms with Crippen LogP contribution in [0.2, 0.25) is 0 Å². The van der Waals surface area contributed by atoms with Gasteiger partial charge in [-0.25, -0.2) is 9.59 Å². The number of aromatic amines is 1. The molecule has 0 saturated heterocycles. The van der Waals surface area contributed by atoms with Crippen molar-refractivity contribution in [1.29, 1.82) is 0 Å². The third kappa shape index (κ3) is 8.25. The summed E-state index contributed by atoms with van der Waals surface area (Å²) < 4.78 is 23.2. The molecule has 2 aromatic heterocycles. The van der Waals surface area contributed by atoms with Crippen LogP contribution < -0.4 is 15.9 Å². The third-order valence-corrected chi connectivity index (χ3v) is 6.87. The molecule has 3 atom stereocenters. The molecule has 4 N–H and O–H groups in total. The maximum absolute atomic E-state index is 13.4. The smallest absolute Gasteiger partial charge is 0.511 e. The maximum atomic E-state index is 13.4. The Morgan fingerprint density at radius 1 is 1.00 bits per heavy atom. The van der Waals surface area contributed by atoms with Crippen molar-refractivity contribution < 1.29 is 38.7 Å². The predicted octanol–water partition coefficient (Wildman–Crippen LogP) is 2.81. The number of imidazole rings is 1. The van der Waals surface area contributed by atoms with E-state index in [1.807, 2.05) is 55.5 Å². The van der Waals surface area contributed by atoms with Crippen LogP contribution in [-0.2, 0) is 25.6 Å². The summed E-state index contributed by atoms with van der Waals surface area (Å²) in [4.78, 5) is 34.8.